The third-order valence-electron chi connectivity index (χ3n) is 3.29. The highest BCUT2D eigenvalue weighted by Gasteiger charge is 2.56. The van der Waals surface area contributed by atoms with E-state index in [1.807, 2.05) is 5.32 Å². The van der Waals surface area contributed by atoms with E-state index in [2.05, 4.69) is 0 Å². The van der Waals surface area contributed by atoms with Crippen molar-refractivity contribution in [2.24, 2.45) is 0 Å². The number of alkyl halides is 1. The molecule has 2 amide bonds. The van der Waals surface area contributed by atoms with E-state index >= 15 is 0 Å². The monoisotopic (exact) mass is 318 g/mol. The summed E-state index contributed by atoms with van der Waals surface area (Å²) in [4.78, 5) is 22.8. The Morgan fingerprint density at radius 2 is 2.23 bits per heavy atom. The lowest BCUT2D eigenvalue weighted by atomic mass is 9.98. The van der Waals surface area contributed by atoms with E-state index in [9.17, 15) is 23.5 Å². The molecule has 1 heterocycles. The van der Waals surface area contributed by atoms with Gasteiger partial charge in [0.25, 0.3) is 5.91 Å². The van der Waals surface area contributed by atoms with Crippen LogP contribution in [-0.4, -0.2) is 65.2 Å². The highest BCUT2D eigenvalue weighted by atomic mass is 19.1. The first-order valence-electron chi connectivity index (χ1n) is 6.21. The summed E-state index contributed by atoms with van der Waals surface area (Å²) < 4.78 is 33.5. The van der Waals surface area contributed by atoms with Gasteiger partial charge in [-0.15, -0.1) is 6.42 Å². The van der Waals surface area contributed by atoms with Gasteiger partial charge in [0.15, 0.2) is 11.9 Å². The molecule has 122 valence electrons. The van der Waals surface area contributed by atoms with Crippen LogP contribution in [0.4, 0.5) is 8.78 Å². The van der Waals surface area contributed by atoms with Gasteiger partial charge in [-0.05, 0) is 12.8 Å². The summed E-state index contributed by atoms with van der Waals surface area (Å²) in [5, 5.41) is 20.7. The number of aliphatic hydroxyl groups excluding tert-OH is 2. The minimum Gasteiger partial charge on any atom is -0.394 e. The van der Waals surface area contributed by atoms with Gasteiger partial charge in [-0.2, -0.15) is 4.39 Å². The molecule has 0 aromatic carbocycles. The Morgan fingerprint density at radius 1 is 1.64 bits per heavy atom. The molecule has 3 unspecified atom stereocenters. The molecular weight excluding hydrogens is 302 g/mol. The van der Waals surface area contributed by atoms with E-state index in [1.165, 1.54) is 0 Å². The number of aliphatic hydroxyl groups is 2. The Hall–Kier alpha value is -2.02. The Balaban J connectivity index is 3.29. The Labute approximate surface area is 125 Å². The molecule has 1 rings (SSSR count). The number of carbonyl (C=O) groups excluding carboxylic acids is 2. The highest BCUT2D eigenvalue weighted by molar-refractivity contribution is 5.92. The molecule has 0 bridgehead atoms. The van der Waals surface area contributed by atoms with Crippen LogP contribution in [0.2, 0.25) is 0 Å². The maximum Gasteiger partial charge on any atom is 0.282 e. The number of amides is 2. The van der Waals surface area contributed by atoms with Crippen molar-refractivity contribution in [3.63, 3.8) is 0 Å². The van der Waals surface area contributed by atoms with Crippen LogP contribution in [0.1, 0.15) is 6.92 Å². The molecule has 1 aliphatic heterocycles. The van der Waals surface area contributed by atoms with Crippen LogP contribution >= 0.6 is 0 Å². The van der Waals surface area contributed by atoms with Crippen LogP contribution in [0.15, 0.2) is 11.5 Å². The molecular formula is C13H16F2N2O5. The molecule has 0 aromatic heterocycles. The third kappa shape index (κ3) is 2.94. The molecule has 0 aliphatic carbocycles. The minimum atomic E-state index is -2.54. The number of terminal acetylenes is 1. The van der Waals surface area contributed by atoms with E-state index in [4.69, 9.17) is 16.3 Å². The lowest BCUT2D eigenvalue weighted by molar-refractivity contribution is -0.137. The predicted octanol–water partition coefficient (Wildman–Crippen LogP) is -1.19. The van der Waals surface area contributed by atoms with Gasteiger partial charge in [0.2, 0.25) is 12.2 Å². The second-order valence-corrected chi connectivity index (χ2v) is 4.70. The average Bonchev–Trinajstić information content (AvgIpc) is 2.73. The van der Waals surface area contributed by atoms with Crippen molar-refractivity contribution >= 4 is 12.3 Å². The van der Waals surface area contributed by atoms with Crippen LogP contribution in [-0.2, 0) is 14.3 Å². The predicted molar refractivity (Wildman–Crippen MR) is 70.2 cm³/mol. The number of ether oxygens (including phenoxy) is 1. The van der Waals surface area contributed by atoms with Gasteiger partial charge < -0.3 is 20.3 Å². The minimum absolute atomic E-state index is 0.0211. The van der Waals surface area contributed by atoms with E-state index in [0.717, 1.165) is 14.0 Å². The summed E-state index contributed by atoms with van der Waals surface area (Å²) in [6, 6.07) is 0. The van der Waals surface area contributed by atoms with E-state index in [0.29, 0.717) is 4.90 Å². The molecule has 7 nitrogen and oxygen atoms in total. The number of nitrogens with zero attached hydrogens (tertiary/aromatic N) is 1. The van der Waals surface area contributed by atoms with Crippen molar-refractivity contribution < 1.29 is 33.3 Å². The quantitative estimate of drug-likeness (QED) is 0.336. The van der Waals surface area contributed by atoms with Crippen LogP contribution in [0.25, 0.3) is 0 Å². The standard InChI is InChI=1S/C13H16F2N2O5/c1-4-7(9(14)11(21)16-3)17(6-19)12-13(2,15)10(20)8(5-18)22-12/h1,6,8,10,12,18,20H,5H2,2-3H3,(H,16,21)/b9-7+/t8?,10-,12?,13?/m0/s1. The fourth-order valence-corrected chi connectivity index (χ4v) is 2.06. The summed E-state index contributed by atoms with van der Waals surface area (Å²) in [7, 11) is 1.14. The van der Waals surface area contributed by atoms with Crippen molar-refractivity contribution in [1.82, 2.24) is 10.2 Å². The molecule has 9 heteroatoms. The van der Waals surface area contributed by atoms with Crippen LogP contribution in [0.5, 0.6) is 0 Å². The van der Waals surface area contributed by atoms with Gasteiger partial charge in [0, 0.05) is 7.05 Å². The van der Waals surface area contributed by atoms with Crippen molar-refractivity contribution in [2.75, 3.05) is 13.7 Å². The Kier molecular flexibility index (Phi) is 5.59. The molecule has 4 atom stereocenters. The summed E-state index contributed by atoms with van der Waals surface area (Å²) >= 11 is 0. The number of nitrogens with one attached hydrogen (secondary N) is 1. The van der Waals surface area contributed by atoms with Crippen LogP contribution in [0.3, 0.4) is 0 Å². The molecule has 3 N–H and O–H groups in total. The fourth-order valence-electron chi connectivity index (χ4n) is 2.06. The number of halogens is 2. The zero-order valence-corrected chi connectivity index (χ0v) is 11.9. The van der Waals surface area contributed by atoms with Gasteiger partial charge in [-0.25, -0.2) is 4.39 Å². The molecule has 1 aliphatic rings. The fraction of sp³-hybridized carbons (Fsp3) is 0.538. The zero-order chi connectivity index (χ0) is 17.1. The van der Waals surface area contributed by atoms with E-state index in [-0.39, 0.29) is 6.41 Å². The molecule has 1 fully saturated rings. The molecule has 0 aromatic rings. The lowest BCUT2D eigenvalue weighted by Gasteiger charge is -2.31. The summed E-state index contributed by atoms with van der Waals surface area (Å²) in [6.45, 7) is 0.178. The number of rotatable bonds is 5. The number of hydrogen-bond donors (Lipinski definition) is 3. The number of hydrogen-bond acceptors (Lipinski definition) is 5. The molecule has 0 radical (unpaired) electrons. The Bertz CT molecular complexity index is 529. The summed E-state index contributed by atoms with van der Waals surface area (Å²) in [5.74, 6) is -0.920. The second-order valence-electron chi connectivity index (χ2n) is 4.70. The molecule has 22 heavy (non-hydrogen) atoms. The van der Waals surface area contributed by atoms with Crippen LogP contribution in [0, 0.1) is 12.3 Å². The maximum absolute atomic E-state index is 14.6. The van der Waals surface area contributed by atoms with Gasteiger partial charge in [0.1, 0.15) is 17.9 Å². The molecule has 1 saturated heterocycles. The van der Waals surface area contributed by atoms with Crippen molar-refractivity contribution in [1.29, 1.82) is 0 Å². The number of likely N-dealkylation sites (N-methyl/N-ethyl adjacent to an activating group) is 1. The first kappa shape index (κ1) is 18.0. The average molecular weight is 318 g/mol. The third-order valence-corrected chi connectivity index (χ3v) is 3.29. The van der Waals surface area contributed by atoms with Crippen molar-refractivity contribution in [3.05, 3.63) is 11.5 Å². The largest absolute Gasteiger partial charge is 0.394 e. The number of carbonyl (C=O) groups is 2. The topological polar surface area (TPSA) is 99.1 Å². The van der Waals surface area contributed by atoms with Crippen molar-refractivity contribution in [3.8, 4) is 12.3 Å². The van der Waals surface area contributed by atoms with Gasteiger partial charge >= 0.3 is 0 Å². The first-order valence-corrected chi connectivity index (χ1v) is 6.21. The maximum atomic E-state index is 14.6. The number of allylic oxidation sites excluding steroid dienone is 1. The second kappa shape index (κ2) is 6.83. The SMILES string of the molecule is C#C/C(=C(\F)C(=O)NC)N(C=O)C1OC(CO)[C@H](O)C1(C)F. The van der Waals surface area contributed by atoms with E-state index < -0.39 is 48.1 Å². The smallest absolute Gasteiger partial charge is 0.282 e. The lowest BCUT2D eigenvalue weighted by Crippen LogP contribution is -2.49. The summed E-state index contributed by atoms with van der Waals surface area (Å²) in [5.41, 5.74) is -3.40. The first-order chi connectivity index (χ1) is 10.3. The normalized spacial score (nSPS) is 32.0. The van der Waals surface area contributed by atoms with Gasteiger partial charge in [-0.3, -0.25) is 14.5 Å². The highest BCUT2D eigenvalue weighted by Crippen LogP contribution is 2.37. The molecule has 0 saturated carbocycles. The Morgan fingerprint density at radius 3 is 2.59 bits per heavy atom. The summed E-state index contributed by atoms with van der Waals surface area (Å²) in [6.07, 6.45) is 0.154. The van der Waals surface area contributed by atoms with Crippen molar-refractivity contribution in [2.45, 2.75) is 31.0 Å². The van der Waals surface area contributed by atoms with Gasteiger partial charge in [-0.1, -0.05) is 0 Å². The molecule has 0 spiro atoms. The zero-order valence-electron chi connectivity index (χ0n) is 11.9. The van der Waals surface area contributed by atoms with Gasteiger partial charge in [0.05, 0.1) is 6.61 Å². The van der Waals surface area contributed by atoms with E-state index in [1.54, 1.807) is 5.92 Å². The van der Waals surface area contributed by atoms with Crippen LogP contribution < -0.4 is 5.32 Å².